The highest BCUT2D eigenvalue weighted by atomic mass is 16.2. The van der Waals surface area contributed by atoms with E-state index in [9.17, 15) is 4.79 Å². The highest BCUT2D eigenvalue weighted by Crippen LogP contribution is 2.38. The Bertz CT molecular complexity index is 702. The van der Waals surface area contributed by atoms with E-state index >= 15 is 0 Å². The molecule has 0 unspecified atom stereocenters. The van der Waals surface area contributed by atoms with E-state index in [4.69, 9.17) is 0 Å². The molecule has 0 saturated heterocycles. The molecule has 0 spiro atoms. The monoisotopic (exact) mass is 283 g/mol. The van der Waals surface area contributed by atoms with E-state index in [-0.39, 0.29) is 11.8 Å². The molecule has 110 valence electrons. The molecule has 1 aromatic carbocycles. The molecular formula is C17H21N3O. The van der Waals surface area contributed by atoms with Gasteiger partial charge in [-0.1, -0.05) is 19.1 Å². The second-order valence-electron chi connectivity index (χ2n) is 6.18. The van der Waals surface area contributed by atoms with E-state index in [1.165, 1.54) is 5.56 Å². The fraction of sp³-hybridized carbons (Fsp3) is 0.412. The van der Waals surface area contributed by atoms with Gasteiger partial charge in [-0.25, -0.2) is 4.68 Å². The van der Waals surface area contributed by atoms with Crippen molar-refractivity contribution in [2.75, 3.05) is 5.32 Å². The molecule has 4 nitrogen and oxygen atoms in total. The van der Waals surface area contributed by atoms with Crippen LogP contribution in [0.15, 0.2) is 24.3 Å². The van der Waals surface area contributed by atoms with E-state index in [1.54, 1.807) is 0 Å². The first-order chi connectivity index (χ1) is 9.95. The molecule has 4 heteroatoms. The van der Waals surface area contributed by atoms with Crippen molar-refractivity contribution in [3.8, 4) is 5.69 Å². The molecule has 1 aliphatic carbocycles. The van der Waals surface area contributed by atoms with Crippen LogP contribution in [0.4, 0.5) is 5.82 Å². The minimum absolute atomic E-state index is 0.106. The number of aryl methyl sites for hydroxylation is 3. The average molecular weight is 283 g/mol. The summed E-state index contributed by atoms with van der Waals surface area (Å²) in [6.07, 6.45) is 0.989. The van der Waals surface area contributed by atoms with Crippen LogP contribution < -0.4 is 5.32 Å². The first kappa shape index (κ1) is 13.9. The van der Waals surface area contributed by atoms with Gasteiger partial charge in [0.15, 0.2) is 0 Å². The third-order valence-corrected chi connectivity index (χ3v) is 4.12. The van der Waals surface area contributed by atoms with Crippen LogP contribution in [0.1, 0.15) is 30.2 Å². The lowest BCUT2D eigenvalue weighted by atomic mass is 10.1. The standard InChI is InChI=1S/C17H21N3O/c1-10-5-6-11(2)15(7-10)20-16(9-13(4)19-20)18-17(21)14-8-12(14)3/h5-7,9,12,14H,8H2,1-4H3,(H,18,21)/t12-,14+/m0/s1. The van der Waals surface area contributed by atoms with Gasteiger partial charge in [-0.2, -0.15) is 5.10 Å². The maximum atomic E-state index is 12.2. The highest BCUT2D eigenvalue weighted by Gasteiger charge is 2.39. The normalized spacial score (nSPS) is 20.4. The number of anilines is 1. The number of benzene rings is 1. The molecule has 3 rings (SSSR count). The molecule has 1 aromatic heterocycles. The summed E-state index contributed by atoms with van der Waals surface area (Å²) >= 11 is 0. The van der Waals surface area contributed by atoms with Crippen LogP contribution in [0.3, 0.4) is 0 Å². The summed E-state index contributed by atoms with van der Waals surface area (Å²) in [5, 5.41) is 7.57. The zero-order valence-electron chi connectivity index (χ0n) is 13.0. The molecular weight excluding hydrogens is 262 g/mol. The number of aromatic nitrogens is 2. The van der Waals surface area contributed by atoms with Crippen molar-refractivity contribution in [2.24, 2.45) is 11.8 Å². The molecule has 0 radical (unpaired) electrons. The zero-order valence-corrected chi connectivity index (χ0v) is 13.0. The predicted octanol–water partition coefficient (Wildman–Crippen LogP) is 3.39. The largest absolute Gasteiger partial charge is 0.310 e. The summed E-state index contributed by atoms with van der Waals surface area (Å²) in [5.41, 5.74) is 4.23. The summed E-state index contributed by atoms with van der Waals surface area (Å²) in [6, 6.07) is 8.18. The molecule has 1 saturated carbocycles. The van der Waals surface area contributed by atoms with Crippen LogP contribution in [0.2, 0.25) is 0 Å². The second kappa shape index (κ2) is 5.02. The molecule has 1 amide bonds. The van der Waals surface area contributed by atoms with E-state index in [2.05, 4.69) is 49.4 Å². The Labute approximate surface area is 125 Å². The van der Waals surface area contributed by atoms with Gasteiger partial charge in [-0.15, -0.1) is 0 Å². The number of nitrogens with zero attached hydrogens (tertiary/aromatic N) is 2. The van der Waals surface area contributed by atoms with Gasteiger partial charge in [-0.3, -0.25) is 4.79 Å². The van der Waals surface area contributed by atoms with Crippen molar-refractivity contribution >= 4 is 11.7 Å². The van der Waals surface area contributed by atoms with E-state index < -0.39 is 0 Å². The van der Waals surface area contributed by atoms with Gasteiger partial charge in [0.1, 0.15) is 5.82 Å². The van der Waals surface area contributed by atoms with Crippen LogP contribution in [0.25, 0.3) is 5.69 Å². The van der Waals surface area contributed by atoms with Gasteiger partial charge >= 0.3 is 0 Å². The fourth-order valence-electron chi connectivity index (χ4n) is 2.63. The number of amides is 1. The summed E-state index contributed by atoms with van der Waals surface area (Å²) in [5.74, 6) is 1.52. The number of nitrogens with one attached hydrogen (secondary N) is 1. The van der Waals surface area contributed by atoms with Gasteiger partial charge < -0.3 is 5.32 Å². The molecule has 21 heavy (non-hydrogen) atoms. The lowest BCUT2D eigenvalue weighted by Gasteiger charge is -2.12. The van der Waals surface area contributed by atoms with Crippen molar-refractivity contribution in [3.05, 3.63) is 41.1 Å². The van der Waals surface area contributed by atoms with E-state index in [0.29, 0.717) is 5.92 Å². The maximum Gasteiger partial charge on any atom is 0.228 e. The quantitative estimate of drug-likeness (QED) is 0.938. The topological polar surface area (TPSA) is 46.9 Å². The minimum atomic E-state index is 0.106. The van der Waals surface area contributed by atoms with Crippen LogP contribution >= 0.6 is 0 Å². The lowest BCUT2D eigenvalue weighted by Crippen LogP contribution is -2.17. The average Bonchev–Trinajstić information content (AvgIpc) is 3.05. The Kier molecular flexibility index (Phi) is 3.32. The first-order valence-corrected chi connectivity index (χ1v) is 7.41. The van der Waals surface area contributed by atoms with Crippen molar-refractivity contribution < 1.29 is 4.79 Å². The fourth-order valence-corrected chi connectivity index (χ4v) is 2.63. The van der Waals surface area contributed by atoms with Crippen molar-refractivity contribution in [3.63, 3.8) is 0 Å². The van der Waals surface area contributed by atoms with Crippen LogP contribution in [0, 0.1) is 32.6 Å². The predicted molar refractivity (Wildman–Crippen MR) is 83.7 cm³/mol. The van der Waals surface area contributed by atoms with Crippen molar-refractivity contribution in [2.45, 2.75) is 34.1 Å². The molecule has 2 aromatic rings. The second-order valence-corrected chi connectivity index (χ2v) is 6.18. The number of rotatable bonds is 3. The molecule has 1 N–H and O–H groups in total. The number of carbonyl (C=O) groups excluding carboxylic acids is 1. The summed E-state index contributed by atoms with van der Waals surface area (Å²) in [6.45, 7) is 8.16. The van der Waals surface area contributed by atoms with Crippen LogP contribution in [-0.4, -0.2) is 15.7 Å². The highest BCUT2D eigenvalue weighted by molar-refractivity contribution is 5.94. The van der Waals surface area contributed by atoms with Gasteiger partial charge in [0.2, 0.25) is 5.91 Å². The number of hydrogen-bond donors (Lipinski definition) is 1. The molecule has 1 heterocycles. The molecule has 0 bridgehead atoms. The summed E-state index contributed by atoms with van der Waals surface area (Å²) < 4.78 is 1.84. The summed E-state index contributed by atoms with van der Waals surface area (Å²) in [7, 11) is 0. The zero-order chi connectivity index (χ0) is 15.1. The Morgan fingerprint density at radius 3 is 2.67 bits per heavy atom. The van der Waals surface area contributed by atoms with Gasteiger partial charge in [0.05, 0.1) is 11.4 Å². The molecule has 1 aliphatic rings. The third kappa shape index (κ3) is 2.71. The van der Waals surface area contributed by atoms with Crippen molar-refractivity contribution in [1.29, 1.82) is 0 Å². The van der Waals surface area contributed by atoms with Gasteiger partial charge in [0.25, 0.3) is 0 Å². The molecule has 2 atom stereocenters. The van der Waals surface area contributed by atoms with Gasteiger partial charge in [0, 0.05) is 12.0 Å². The Morgan fingerprint density at radius 1 is 1.29 bits per heavy atom. The van der Waals surface area contributed by atoms with E-state index in [0.717, 1.165) is 29.2 Å². The third-order valence-electron chi connectivity index (χ3n) is 4.12. The SMILES string of the molecule is Cc1ccc(C)c(-n2nc(C)cc2NC(=O)[C@@H]2C[C@@H]2C)c1. The number of carbonyl (C=O) groups is 1. The first-order valence-electron chi connectivity index (χ1n) is 7.41. The Morgan fingerprint density at radius 2 is 2.00 bits per heavy atom. The minimum Gasteiger partial charge on any atom is -0.310 e. The van der Waals surface area contributed by atoms with Crippen molar-refractivity contribution in [1.82, 2.24) is 9.78 Å². The smallest absolute Gasteiger partial charge is 0.228 e. The molecule has 0 aliphatic heterocycles. The maximum absolute atomic E-state index is 12.2. The van der Waals surface area contributed by atoms with Gasteiger partial charge in [-0.05, 0) is 50.3 Å². The van der Waals surface area contributed by atoms with Crippen LogP contribution in [-0.2, 0) is 4.79 Å². The Balaban J connectivity index is 1.95. The molecule has 1 fully saturated rings. The van der Waals surface area contributed by atoms with E-state index in [1.807, 2.05) is 17.7 Å². The van der Waals surface area contributed by atoms with Crippen LogP contribution in [0.5, 0.6) is 0 Å². The number of hydrogen-bond acceptors (Lipinski definition) is 2. The Hall–Kier alpha value is -2.10. The summed E-state index contributed by atoms with van der Waals surface area (Å²) in [4.78, 5) is 12.2. The lowest BCUT2D eigenvalue weighted by molar-refractivity contribution is -0.117.